The van der Waals surface area contributed by atoms with Gasteiger partial charge in [-0.05, 0) is 35.7 Å². The molecule has 80 valence electrons. The molecule has 1 N–H and O–H groups in total. The maximum absolute atomic E-state index is 4.24. The number of thiophene rings is 1. The lowest BCUT2D eigenvalue weighted by molar-refractivity contribution is 0.691. The molecule has 0 aromatic carbocycles. The van der Waals surface area contributed by atoms with Gasteiger partial charge in [-0.2, -0.15) is 11.3 Å². The van der Waals surface area contributed by atoms with Gasteiger partial charge >= 0.3 is 0 Å². The normalized spacial score (nSPS) is 10.7. The zero-order valence-electron chi connectivity index (χ0n) is 8.69. The lowest BCUT2D eigenvalue weighted by atomic mass is 10.3. The van der Waals surface area contributed by atoms with Crippen molar-refractivity contribution in [1.29, 1.82) is 0 Å². The third-order valence-corrected chi connectivity index (χ3v) is 3.83. The fraction of sp³-hybridized carbons (Fsp3) is 0.364. The summed E-state index contributed by atoms with van der Waals surface area (Å²) >= 11 is 3.54. The Morgan fingerprint density at radius 3 is 3.07 bits per heavy atom. The van der Waals surface area contributed by atoms with Crippen molar-refractivity contribution < 1.29 is 0 Å². The molecule has 2 aromatic heterocycles. The molecule has 0 aliphatic rings. The van der Waals surface area contributed by atoms with Gasteiger partial charge in [0.2, 0.25) is 0 Å². The van der Waals surface area contributed by atoms with Crippen molar-refractivity contribution in [1.82, 2.24) is 10.3 Å². The van der Waals surface area contributed by atoms with E-state index in [2.05, 4.69) is 27.1 Å². The van der Waals surface area contributed by atoms with Gasteiger partial charge in [-0.15, -0.1) is 11.3 Å². The molecular weight excluding hydrogens is 224 g/mol. The van der Waals surface area contributed by atoms with E-state index in [1.807, 2.05) is 13.1 Å². The van der Waals surface area contributed by atoms with Gasteiger partial charge in [0.25, 0.3) is 0 Å². The van der Waals surface area contributed by atoms with E-state index in [1.165, 1.54) is 10.4 Å². The highest BCUT2D eigenvalue weighted by Crippen LogP contribution is 2.11. The lowest BCUT2D eigenvalue weighted by Crippen LogP contribution is -2.15. The first-order chi connectivity index (χ1) is 7.34. The van der Waals surface area contributed by atoms with Crippen LogP contribution in [-0.2, 0) is 13.0 Å². The Bertz CT molecular complexity index is 392. The molecular formula is C11H14N2S2. The van der Waals surface area contributed by atoms with Crippen molar-refractivity contribution in [3.8, 4) is 0 Å². The number of rotatable bonds is 5. The zero-order valence-corrected chi connectivity index (χ0v) is 10.3. The number of aromatic nitrogens is 1. The van der Waals surface area contributed by atoms with Crippen LogP contribution in [-0.4, -0.2) is 11.5 Å². The molecule has 0 fully saturated rings. The molecule has 0 saturated carbocycles. The van der Waals surface area contributed by atoms with Gasteiger partial charge in [0, 0.05) is 24.2 Å². The van der Waals surface area contributed by atoms with Crippen LogP contribution in [0.5, 0.6) is 0 Å². The summed E-state index contributed by atoms with van der Waals surface area (Å²) in [4.78, 5) is 5.60. The molecule has 0 aliphatic carbocycles. The molecule has 2 nitrogen and oxygen atoms in total. The van der Waals surface area contributed by atoms with Crippen molar-refractivity contribution >= 4 is 22.7 Å². The summed E-state index contributed by atoms with van der Waals surface area (Å²) < 4.78 is 0. The van der Waals surface area contributed by atoms with E-state index in [9.17, 15) is 0 Å². The second-order valence-electron chi connectivity index (χ2n) is 3.40. The monoisotopic (exact) mass is 238 g/mol. The Labute approximate surface area is 98.0 Å². The van der Waals surface area contributed by atoms with E-state index in [1.54, 1.807) is 22.7 Å². The Morgan fingerprint density at radius 2 is 2.40 bits per heavy atom. The summed E-state index contributed by atoms with van der Waals surface area (Å²) in [7, 11) is 0. The van der Waals surface area contributed by atoms with Crippen LogP contribution < -0.4 is 5.32 Å². The van der Waals surface area contributed by atoms with E-state index in [0.29, 0.717) is 0 Å². The molecule has 0 unspecified atom stereocenters. The average molecular weight is 238 g/mol. The summed E-state index contributed by atoms with van der Waals surface area (Å²) in [6.45, 7) is 4.05. The molecule has 0 spiro atoms. The number of nitrogens with one attached hydrogen (secondary N) is 1. The molecule has 2 aromatic rings. The minimum absolute atomic E-state index is 0.973. The van der Waals surface area contributed by atoms with Crippen molar-refractivity contribution in [2.24, 2.45) is 0 Å². The average Bonchev–Trinajstić information content (AvgIpc) is 2.84. The van der Waals surface area contributed by atoms with Crippen molar-refractivity contribution in [2.75, 3.05) is 6.54 Å². The molecule has 0 radical (unpaired) electrons. The van der Waals surface area contributed by atoms with Crippen LogP contribution >= 0.6 is 22.7 Å². The summed E-state index contributed by atoms with van der Waals surface area (Å²) in [6, 6.07) is 2.16. The second-order valence-corrected chi connectivity index (χ2v) is 5.50. The molecule has 4 heteroatoms. The highest BCUT2D eigenvalue weighted by atomic mass is 32.1. The van der Waals surface area contributed by atoms with Crippen LogP contribution in [0.15, 0.2) is 23.0 Å². The van der Waals surface area contributed by atoms with Crippen LogP contribution in [0, 0.1) is 6.92 Å². The molecule has 0 atom stereocenters. The molecule has 0 aliphatic heterocycles. The zero-order chi connectivity index (χ0) is 10.5. The number of aryl methyl sites for hydroxylation is 1. The van der Waals surface area contributed by atoms with Crippen LogP contribution in [0.25, 0.3) is 0 Å². The molecule has 0 saturated heterocycles. The fourth-order valence-corrected chi connectivity index (χ4v) is 2.82. The third-order valence-electron chi connectivity index (χ3n) is 2.13. The van der Waals surface area contributed by atoms with Crippen LogP contribution in [0.4, 0.5) is 0 Å². The van der Waals surface area contributed by atoms with Gasteiger partial charge in [-0.1, -0.05) is 0 Å². The lowest BCUT2D eigenvalue weighted by Gasteiger charge is -2.00. The van der Waals surface area contributed by atoms with Gasteiger partial charge in [0.15, 0.2) is 0 Å². The van der Waals surface area contributed by atoms with E-state index < -0.39 is 0 Å². The van der Waals surface area contributed by atoms with Gasteiger partial charge in [-0.3, -0.25) is 0 Å². The summed E-state index contributed by atoms with van der Waals surface area (Å²) in [5.41, 5.74) is 1.38. The summed E-state index contributed by atoms with van der Waals surface area (Å²) in [5, 5.41) is 8.89. The highest BCUT2D eigenvalue weighted by molar-refractivity contribution is 7.11. The highest BCUT2D eigenvalue weighted by Gasteiger charge is 1.97. The third kappa shape index (κ3) is 3.41. The first-order valence-corrected chi connectivity index (χ1v) is 6.73. The van der Waals surface area contributed by atoms with Crippen LogP contribution in [0.1, 0.15) is 15.4 Å². The Morgan fingerprint density at radius 1 is 1.47 bits per heavy atom. The van der Waals surface area contributed by atoms with E-state index in [0.717, 1.165) is 24.5 Å². The SMILES string of the molecule is Cc1ncc(CCNCc2ccsc2)s1. The van der Waals surface area contributed by atoms with E-state index in [-0.39, 0.29) is 0 Å². The Kier molecular flexibility index (Phi) is 3.88. The van der Waals surface area contributed by atoms with Crippen molar-refractivity contribution in [3.63, 3.8) is 0 Å². The smallest absolute Gasteiger partial charge is 0.0896 e. The molecule has 2 heterocycles. The van der Waals surface area contributed by atoms with Crippen LogP contribution in [0.2, 0.25) is 0 Å². The van der Waals surface area contributed by atoms with Crippen molar-refractivity contribution in [2.45, 2.75) is 19.9 Å². The predicted octanol–water partition coefficient (Wildman–Crippen LogP) is 2.85. The first-order valence-electron chi connectivity index (χ1n) is 4.98. The van der Waals surface area contributed by atoms with Gasteiger partial charge in [0.1, 0.15) is 0 Å². The Hall–Kier alpha value is -0.710. The Balaban J connectivity index is 1.67. The molecule has 2 rings (SSSR count). The van der Waals surface area contributed by atoms with Gasteiger partial charge < -0.3 is 5.32 Å². The minimum atomic E-state index is 0.973. The summed E-state index contributed by atoms with van der Waals surface area (Å²) in [5.74, 6) is 0. The van der Waals surface area contributed by atoms with Crippen LogP contribution in [0.3, 0.4) is 0 Å². The molecule has 0 bridgehead atoms. The number of hydrogen-bond donors (Lipinski definition) is 1. The topological polar surface area (TPSA) is 24.9 Å². The molecule has 0 amide bonds. The fourth-order valence-electron chi connectivity index (χ4n) is 1.36. The van der Waals surface area contributed by atoms with Crippen molar-refractivity contribution in [3.05, 3.63) is 38.5 Å². The maximum atomic E-state index is 4.24. The maximum Gasteiger partial charge on any atom is 0.0896 e. The summed E-state index contributed by atoms with van der Waals surface area (Å²) in [6.07, 6.45) is 3.06. The van der Waals surface area contributed by atoms with E-state index in [4.69, 9.17) is 0 Å². The number of hydrogen-bond acceptors (Lipinski definition) is 4. The van der Waals surface area contributed by atoms with Gasteiger partial charge in [-0.25, -0.2) is 4.98 Å². The number of thiazole rings is 1. The molecule has 15 heavy (non-hydrogen) atoms. The van der Waals surface area contributed by atoms with E-state index >= 15 is 0 Å². The number of nitrogens with zero attached hydrogens (tertiary/aromatic N) is 1. The minimum Gasteiger partial charge on any atom is -0.312 e. The largest absolute Gasteiger partial charge is 0.312 e. The first kappa shape index (κ1) is 10.8. The standard InChI is InChI=1S/C11H14N2S2/c1-9-13-7-11(15-9)2-4-12-6-10-3-5-14-8-10/h3,5,7-8,12H,2,4,6H2,1H3. The van der Waals surface area contributed by atoms with Gasteiger partial charge in [0.05, 0.1) is 5.01 Å². The second kappa shape index (κ2) is 5.39. The predicted molar refractivity (Wildman–Crippen MR) is 66.6 cm³/mol. The quantitative estimate of drug-likeness (QED) is 0.810.